The highest BCUT2D eigenvalue weighted by atomic mass is 32.2. The second-order valence-electron chi connectivity index (χ2n) is 5.29. The summed E-state index contributed by atoms with van der Waals surface area (Å²) in [4.78, 5) is 16.5. The van der Waals surface area contributed by atoms with Gasteiger partial charge in [-0.2, -0.15) is 11.3 Å². The first-order chi connectivity index (χ1) is 11.8. The maximum Gasteiger partial charge on any atom is 0.230 e. The van der Waals surface area contributed by atoms with Gasteiger partial charge < -0.3 is 5.32 Å². The summed E-state index contributed by atoms with van der Waals surface area (Å²) in [6.45, 7) is 0. The van der Waals surface area contributed by atoms with E-state index in [-0.39, 0.29) is 17.0 Å². The van der Waals surface area contributed by atoms with Gasteiger partial charge in [-0.25, -0.2) is 17.8 Å². The lowest BCUT2D eigenvalue weighted by Gasteiger charge is -2.07. The summed E-state index contributed by atoms with van der Waals surface area (Å²) in [5.74, 6) is -1.16. The number of hydrogen-bond acceptors (Lipinski definition) is 6. The summed E-state index contributed by atoms with van der Waals surface area (Å²) in [6, 6.07) is 5.23. The van der Waals surface area contributed by atoms with Gasteiger partial charge >= 0.3 is 0 Å². The molecule has 0 spiro atoms. The SMILES string of the molecule is CS(=O)(=O)c1ccc(F)c(NC(=O)Cc2csc(-c3ccsc3)n2)c1. The third-order valence-electron chi connectivity index (χ3n) is 3.30. The van der Waals surface area contributed by atoms with Gasteiger partial charge in [0.2, 0.25) is 5.91 Å². The number of carbonyl (C=O) groups is 1. The van der Waals surface area contributed by atoms with Crippen molar-refractivity contribution in [2.45, 2.75) is 11.3 Å². The summed E-state index contributed by atoms with van der Waals surface area (Å²) < 4.78 is 36.9. The van der Waals surface area contributed by atoms with Crippen molar-refractivity contribution in [2.24, 2.45) is 0 Å². The molecular weight excluding hydrogens is 383 g/mol. The first kappa shape index (κ1) is 17.7. The minimum absolute atomic E-state index is 0.0246. The number of carbonyl (C=O) groups excluding carboxylic acids is 1. The first-order valence-corrected chi connectivity index (χ1v) is 10.8. The van der Waals surface area contributed by atoms with E-state index in [9.17, 15) is 17.6 Å². The minimum Gasteiger partial charge on any atom is -0.323 e. The van der Waals surface area contributed by atoms with E-state index in [1.165, 1.54) is 11.3 Å². The van der Waals surface area contributed by atoms with Gasteiger partial charge in [-0.1, -0.05) is 0 Å². The fraction of sp³-hybridized carbons (Fsp3) is 0.125. The molecule has 2 heterocycles. The number of rotatable bonds is 5. The van der Waals surface area contributed by atoms with Crippen LogP contribution in [0.3, 0.4) is 0 Å². The van der Waals surface area contributed by atoms with Gasteiger partial charge in [0.1, 0.15) is 10.8 Å². The van der Waals surface area contributed by atoms with E-state index in [4.69, 9.17) is 0 Å². The number of benzene rings is 1. The van der Waals surface area contributed by atoms with Crippen LogP contribution < -0.4 is 5.32 Å². The topological polar surface area (TPSA) is 76.1 Å². The Morgan fingerprint density at radius 2 is 2.08 bits per heavy atom. The van der Waals surface area contributed by atoms with Crippen molar-refractivity contribution in [3.8, 4) is 10.6 Å². The molecule has 3 rings (SSSR count). The molecule has 25 heavy (non-hydrogen) atoms. The average Bonchev–Trinajstić information content (AvgIpc) is 3.19. The van der Waals surface area contributed by atoms with Crippen LogP contribution in [0.1, 0.15) is 5.69 Å². The number of nitrogens with one attached hydrogen (secondary N) is 1. The predicted octanol–water partition coefficient (Wildman–Crippen LogP) is 3.60. The largest absolute Gasteiger partial charge is 0.323 e. The summed E-state index contributed by atoms with van der Waals surface area (Å²) in [6.07, 6.45) is 0.996. The Labute approximate surface area is 152 Å². The Hall–Kier alpha value is -2.10. The molecule has 0 saturated carbocycles. The van der Waals surface area contributed by atoms with Gasteiger partial charge in [-0.15, -0.1) is 11.3 Å². The van der Waals surface area contributed by atoms with Gasteiger partial charge in [-0.05, 0) is 29.6 Å². The number of halogens is 1. The molecule has 0 aliphatic rings. The lowest BCUT2D eigenvalue weighted by Crippen LogP contribution is -2.16. The summed E-state index contributed by atoms with van der Waals surface area (Å²) in [5.41, 5.74) is 1.40. The molecule has 0 atom stereocenters. The number of anilines is 1. The molecule has 0 aliphatic heterocycles. The van der Waals surface area contributed by atoms with Crippen LogP contribution in [0, 0.1) is 5.82 Å². The average molecular weight is 396 g/mol. The summed E-state index contributed by atoms with van der Waals surface area (Å²) in [5, 5.41) is 8.90. The maximum atomic E-state index is 13.8. The Kier molecular flexibility index (Phi) is 4.98. The zero-order valence-electron chi connectivity index (χ0n) is 13.0. The monoisotopic (exact) mass is 396 g/mol. The normalized spacial score (nSPS) is 11.4. The first-order valence-electron chi connectivity index (χ1n) is 7.09. The highest BCUT2D eigenvalue weighted by Gasteiger charge is 2.14. The molecule has 5 nitrogen and oxygen atoms in total. The molecule has 0 aliphatic carbocycles. The smallest absolute Gasteiger partial charge is 0.230 e. The van der Waals surface area contributed by atoms with Crippen LogP contribution in [0.2, 0.25) is 0 Å². The highest BCUT2D eigenvalue weighted by Crippen LogP contribution is 2.26. The van der Waals surface area contributed by atoms with Crippen LogP contribution in [0.4, 0.5) is 10.1 Å². The molecule has 0 saturated heterocycles. The van der Waals surface area contributed by atoms with E-state index in [1.54, 1.807) is 16.7 Å². The molecule has 1 aromatic carbocycles. The molecular formula is C16H13FN2O3S3. The maximum absolute atomic E-state index is 13.8. The highest BCUT2D eigenvalue weighted by molar-refractivity contribution is 7.90. The van der Waals surface area contributed by atoms with Crippen LogP contribution in [0.5, 0.6) is 0 Å². The standard InChI is InChI=1S/C16H13FN2O3S3/c1-25(21,22)12-2-3-13(17)14(7-12)19-15(20)6-11-9-24-16(18-11)10-4-5-23-8-10/h2-5,7-9H,6H2,1H3,(H,19,20). The van der Waals surface area contributed by atoms with Crippen molar-refractivity contribution >= 4 is 44.1 Å². The Balaban J connectivity index is 1.73. The van der Waals surface area contributed by atoms with Crippen molar-refractivity contribution in [1.82, 2.24) is 4.98 Å². The molecule has 0 bridgehead atoms. The van der Waals surface area contributed by atoms with E-state index >= 15 is 0 Å². The van der Waals surface area contributed by atoms with Crippen LogP contribution in [-0.4, -0.2) is 25.6 Å². The van der Waals surface area contributed by atoms with Crippen molar-refractivity contribution < 1.29 is 17.6 Å². The van der Waals surface area contributed by atoms with Crippen LogP contribution in [-0.2, 0) is 21.1 Å². The number of sulfone groups is 1. The quantitative estimate of drug-likeness (QED) is 0.669. The van der Waals surface area contributed by atoms with Gasteiger partial charge in [0.25, 0.3) is 0 Å². The zero-order chi connectivity index (χ0) is 18.0. The van der Waals surface area contributed by atoms with Crippen molar-refractivity contribution in [3.05, 3.63) is 51.9 Å². The lowest BCUT2D eigenvalue weighted by molar-refractivity contribution is -0.115. The van der Waals surface area contributed by atoms with Crippen molar-refractivity contribution in [1.29, 1.82) is 0 Å². The second-order valence-corrected chi connectivity index (χ2v) is 8.95. The summed E-state index contributed by atoms with van der Waals surface area (Å²) >= 11 is 2.99. The molecule has 2 aromatic heterocycles. The van der Waals surface area contributed by atoms with Gasteiger partial charge in [0.15, 0.2) is 9.84 Å². The van der Waals surface area contributed by atoms with Crippen LogP contribution >= 0.6 is 22.7 Å². The molecule has 1 N–H and O–H groups in total. The zero-order valence-corrected chi connectivity index (χ0v) is 15.5. The Bertz CT molecular complexity index is 1010. The number of thiazole rings is 1. The van der Waals surface area contributed by atoms with E-state index < -0.39 is 21.6 Å². The molecule has 130 valence electrons. The molecule has 0 radical (unpaired) electrons. The van der Waals surface area contributed by atoms with E-state index in [0.29, 0.717) is 5.69 Å². The van der Waals surface area contributed by atoms with Crippen molar-refractivity contribution in [2.75, 3.05) is 11.6 Å². The van der Waals surface area contributed by atoms with E-state index in [0.717, 1.165) is 35.0 Å². The van der Waals surface area contributed by atoms with Gasteiger partial charge in [0, 0.05) is 22.6 Å². The Morgan fingerprint density at radius 1 is 1.28 bits per heavy atom. The predicted molar refractivity (Wildman–Crippen MR) is 97.3 cm³/mol. The number of amides is 1. The van der Waals surface area contributed by atoms with Crippen molar-refractivity contribution in [3.63, 3.8) is 0 Å². The summed E-state index contributed by atoms with van der Waals surface area (Å²) in [7, 11) is -3.49. The Morgan fingerprint density at radius 3 is 2.76 bits per heavy atom. The number of thiophene rings is 1. The third-order valence-corrected chi connectivity index (χ3v) is 6.04. The molecule has 9 heteroatoms. The third kappa shape index (κ3) is 4.30. The molecule has 0 fully saturated rings. The van der Waals surface area contributed by atoms with E-state index in [2.05, 4.69) is 10.3 Å². The fourth-order valence-electron chi connectivity index (χ4n) is 2.10. The number of aromatic nitrogens is 1. The van der Waals surface area contributed by atoms with Gasteiger partial charge in [0.05, 0.1) is 22.7 Å². The lowest BCUT2D eigenvalue weighted by atomic mass is 10.2. The van der Waals surface area contributed by atoms with Crippen LogP contribution in [0.15, 0.2) is 45.3 Å². The second kappa shape index (κ2) is 7.03. The fourth-order valence-corrected chi connectivity index (χ4v) is 4.28. The molecule has 0 unspecified atom stereocenters. The van der Waals surface area contributed by atoms with Gasteiger partial charge in [-0.3, -0.25) is 4.79 Å². The van der Waals surface area contributed by atoms with Crippen LogP contribution in [0.25, 0.3) is 10.6 Å². The number of nitrogens with zero attached hydrogens (tertiary/aromatic N) is 1. The van der Waals surface area contributed by atoms with E-state index in [1.807, 2.05) is 16.8 Å². The molecule has 1 amide bonds. The minimum atomic E-state index is -3.49. The molecule has 3 aromatic rings. The number of hydrogen-bond donors (Lipinski definition) is 1.